The average Bonchev–Trinajstić information content (AvgIpc) is 2.04. The van der Waals surface area contributed by atoms with Crippen LogP contribution in [0.15, 0.2) is 29.6 Å². The Labute approximate surface area is 64.7 Å². The molecule has 0 aromatic carbocycles. The van der Waals surface area contributed by atoms with Crippen LogP contribution in [0.5, 0.6) is 0 Å². The minimum absolute atomic E-state index is 0.147. The lowest BCUT2D eigenvalue weighted by molar-refractivity contribution is 0.364. The van der Waals surface area contributed by atoms with Gasteiger partial charge in [0, 0.05) is 0 Å². The summed E-state index contributed by atoms with van der Waals surface area (Å²) in [6.45, 7) is 0. The molecule has 0 saturated carbocycles. The number of hydrogen-bond acceptors (Lipinski definition) is 3. The average molecular weight is 151 g/mol. The van der Waals surface area contributed by atoms with Crippen molar-refractivity contribution in [1.82, 2.24) is 5.32 Å². The molecule has 11 heavy (non-hydrogen) atoms. The van der Waals surface area contributed by atoms with Crippen LogP contribution >= 0.6 is 0 Å². The van der Waals surface area contributed by atoms with Crippen molar-refractivity contribution in [1.29, 1.82) is 0 Å². The molecule has 1 aliphatic carbocycles. The minimum atomic E-state index is -0.391. The molecule has 1 unspecified atom stereocenters. The van der Waals surface area contributed by atoms with E-state index < -0.39 is 6.04 Å². The normalized spacial score (nSPS) is 22.8. The SMILES string of the molecule is CNC1C(=C=O)C=CC=C1O. The van der Waals surface area contributed by atoms with E-state index in [1.54, 1.807) is 31.2 Å². The van der Waals surface area contributed by atoms with Gasteiger partial charge in [-0.1, -0.05) is 6.08 Å². The van der Waals surface area contributed by atoms with Crippen LogP contribution in [0.4, 0.5) is 0 Å². The van der Waals surface area contributed by atoms with Gasteiger partial charge < -0.3 is 10.4 Å². The van der Waals surface area contributed by atoms with E-state index in [-0.39, 0.29) is 5.76 Å². The molecule has 0 aromatic rings. The second-order valence-electron chi connectivity index (χ2n) is 2.23. The molecule has 1 rings (SSSR count). The van der Waals surface area contributed by atoms with Crippen LogP contribution in [-0.2, 0) is 4.79 Å². The number of allylic oxidation sites excluding steroid dienone is 2. The molecular weight excluding hydrogens is 142 g/mol. The molecule has 0 spiro atoms. The quantitative estimate of drug-likeness (QED) is 0.531. The highest BCUT2D eigenvalue weighted by Gasteiger charge is 2.17. The largest absolute Gasteiger partial charge is 0.510 e. The summed E-state index contributed by atoms with van der Waals surface area (Å²) >= 11 is 0. The molecule has 0 saturated heterocycles. The molecule has 0 amide bonds. The minimum Gasteiger partial charge on any atom is -0.510 e. The molecule has 0 aliphatic heterocycles. The van der Waals surface area contributed by atoms with Crippen LogP contribution < -0.4 is 5.32 Å². The van der Waals surface area contributed by atoms with Gasteiger partial charge >= 0.3 is 0 Å². The Morgan fingerprint density at radius 1 is 1.73 bits per heavy atom. The van der Waals surface area contributed by atoms with Crippen LogP contribution in [0.25, 0.3) is 0 Å². The number of likely N-dealkylation sites (N-methyl/N-ethyl adjacent to an activating group) is 1. The summed E-state index contributed by atoms with van der Waals surface area (Å²) in [5, 5.41) is 12.0. The van der Waals surface area contributed by atoms with Crippen LogP contribution in [0.3, 0.4) is 0 Å². The van der Waals surface area contributed by atoms with Gasteiger partial charge in [0.15, 0.2) is 0 Å². The summed E-state index contributed by atoms with van der Waals surface area (Å²) in [6.07, 6.45) is 4.78. The van der Waals surface area contributed by atoms with E-state index in [1.807, 2.05) is 0 Å². The maximum Gasteiger partial charge on any atom is 0.130 e. The molecule has 2 N–H and O–H groups in total. The van der Waals surface area contributed by atoms with Crippen molar-refractivity contribution in [3.8, 4) is 0 Å². The third-order valence-electron chi connectivity index (χ3n) is 1.56. The number of hydrogen-bond donors (Lipinski definition) is 2. The first kappa shape index (κ1) is 7.79. The molecule has 0 aromatic heterocycles. The zero-order valence-corrected chi connectivity index (χ0v) is 6.16. The topological polar surface area (TPSA) is 49.3 Å². The monoisotopic (exact) mass is 151 g/mol. The lowest BCUT2D eigenvalue weighted by Crippen LogP contribution is -2.30. The Balaban J connectivity index is 2.97. The second-order valence-corrected chi connectivity index (χ2v) is 2.23. The summed E-state index contributed by atoms with van der Waals surface area (Å²) in [5.74, 6) is 1.90. The number of carbonyl (C=O) groups excluding carboxylic acids is 1. The molecule has 58 valence electrons. The molecule has 0 radical (unpaired) electrons. The van der Waals surface area contributed by atoms with Gasteiger partial charge in [-0.25, -0.2) is 4.79 Å². The van der Waals surface area contributed by atoms with Crippen molar-refractivity contribution in [3.63, 3.8) is 0 Å². The Bertz CT molecular complexity index is 259. The van der Waals surface area contributed by atoms with Gasteiger partial charge in [-0.2, -0.15) is 0 Å². The van der Waals surface area contributed by atoms with Crippen molar-refractivity contribution in [3.05, 3.63) is 29.6 Å². The molecule has 0 fully saturated rings. The second kappa shape index (κ2) is 3.19. The molecule has 0 heterocycles. The van der Waals surface area contributed by atoms with Crippen molar-refractivity contribution in [2.75, 3.05) is 7.05 Å². The van der Waals surface area contributed by atoms with Crippen LogP contribution in [0.1, 0.15) is 0 Å². The predicted molar refractivity (Wildman–Crippen MR) is 41.9 cm³/mol. The summed E-state index contributed by atoms with van der Waals surface area (Å²) in [6, 6.07) is -0.391. The molecule has 0 bridgehead atoms. The van der Waals surface area contributed by atoms with Gasteiger partial charge in [0.25, 0.3) is 0 Å². The maximum absolute atomic E-state index is 10.3. The van der Waals surface area contributed by atoms with Gasteiger partial charge in [-0.15, -0.1) is 0 Å². The molecular formula is C8H9NO2. The van der Waals surface area contributed by atoms with E-state index >= 15 is 0 Å². The first-order chi connectivity index (χ1) is 5.29. The number of aliphatic hydroxyl groups excluding tert-OH is 1. The number of rotatable bonds is 1. The summed E-state index contributed by atoms with van der Waals surface area (Å²) < 4.78 is 0. The Morgan fingerprint density at radius 3 is 2.91 bits per heavy atom. The maximum atomic E-state index is 10.3. The lowest BCUT2D eigenvalue weighted by Gasteiger charge is -2.16. The predicted octanol–water partition coefficient (Wildman–Crippen LogP) is 0.344. The van der Waals surface area contributed by atoms with Crippen LogP contribution in [-0.4, -0.2) is 24.1 Å². The zero-order valence-electron chi connectivity index (χ0n) is 6.16. The van der Waals surface area contributed by atoms with E-state index in [0.29, 0.717) is 5.57 Å². The third-order valence-corrected chi connectivity index (χ3v) is 1.56. The standard InChI is InChI=1S/C8H9NO2/c1-9-8-6(5-10)3-2-4-7(8)11/h2-4,8-9,11H,1H3. The highest BCUT2D eigenvalue weighted by molar-refractivity contribution is 5.62. The van der Waals surface area contributed by atoms with E-state index in [0.717, 1.165) is 0 Å². The van der Waals surface area contributed by atoms with Crippen LogP contribution in [0.2, 0.25) is 0 Å². The van der Waals surface area contributed by atoms with Gasteiger partial charge in [0.2, 0.25) is 0 Å². The fourth-order valence-corrected chi connectivity index (χ4v) is 0.998. The van der Waals surface area contributed by atoms with E-state index in [4.69, 9.17) is 0 Å². The number of aliphatic hydroxyl groups is 1. The summed E-state index contributed by atoms with van der Waals surface area (Å²) in [7, 11) is 1.67. The highest BCUT2D eigenvalue weighted by atomic mass is 16.3. The van der Waals surface area contributed by atoms with Gasteiger partial charge in [-0.05, 0) is 19.2 Å². The van der Waals surface area contributed by atoms with Crippen LogP contribution in [0, 0.1) is 0 Å². The number of nitrogens with one attached hydrogen (secondary N) is 1. The molecule has 3 heteroatoms. The first-order valence-corrected chi connectivity index (χ1v) is 3.29. The Morgan fingerprint density at radius 2 is 2.45 bits per heavy atom. The molecule has 1 atom stereocenters. The van der Waals surface area contributed by atoms with Gasteiger partial charge in [-0.3, -0.25) is 0 Å². The fourth-order valence-electron chi connectivity index (χ4n) is 0.998. The zero-order chi connectivity index (χ0) is 8.27. The third kappa shape index (κ3) is 1.40. The van der Waals surface area contributed by atoms with E-state index in [1.165, 1.54) is 0 Å². The highest BCUT2D eigenvalue weighted by Crippen LogP contribution is 2.13. The fraction of sp³-hybridized carbons (Fsp3) is 0.250. The van der Waals surface area contributed by atoms with Crippen molar-refractivity contribution < 1.29 is 9.90 Å². The Hall–Kier alpha value is -1.31. The lowest BCUT2D eigenvalue weighted by atomic mass is 10.0. The summed E-state index contributed by atoms with van der Waals surface area (Å²) in [5.41, 5.74) is 0.424. The van der Waals surface area contributed by atoms with Gasteiger partial charge in [0.05, 0.1) is 5.57 Å². The molecule has 3 nitrogen and oxygen atoms in total. The smallest absolute Gasteiger partial charge is 0.130 e. The first-order valence-electron chi connectivity index (χ1n) is 3.29. The summed E-state index contributed by atoms with van der Waals surface area (Å²) in [4.78, 5) is 10.3. The van der Waals surface area contributed by atoms with Crippen molar-refractivity contribution >= 4 is 5.94 Å². The Kier molecular flexibility index (Phi) is 2.26. The van der Waals surface area contributed by atoms with E-state index in [9.17, 15) is 9.90 Å². The van der Waals surface area contributed by atoms with Gasteiger partial charge in [0.1, 0.15) is 17.7 Å². The molecule has 1 aliphatic rings. The van der Waals surface area contributed by atoms with E-state index in [2.05, 4.69) is 5.32 Å². The van der Waals surface area contributed by atoms with Crippen molar-refractivity contribution in [2.45, 2.75) is 6.04 Å². The van der Waals surface area contributed by atoms with Crippen molar-refractivity contribution in [2.24, 2.45) is 0 Å².